The van der Waals surface area contributed by atoms with E-state index in [4.69, 9.17) is 0 Å². The van der Waals surface area contributed by atoms with Crippen LogP contribution in [-0.4, -0.2) is 40.8 Å². The van der Waals surface area contributed by atoms with Crippen LogP contribution in [0.25, 0.3) is 0 Å². The Balaban J connectivity index is 2.21. The molecule has 5 nitrogen and oxygen atoms in total. The Morgan fingerprint density at radius 1 is 1.17 bits per heavy atom. The maximum absolute atomic E-state index is 14.5. The fourth-order valence-electron chi connectivity index (χ4n) is 4.35. The normalized spacial score (nSPS) is 23.6. The van der Waals surface area contributed by atoms with E-state index in [1.54, 1.807) is 39.8 Å². The van der Waals surface area contributed by atoms with Gasteiger partial charge in [-0.15, -0.1) is 0 Å². The van der Waals surface area contributed by atoms with E-state index in [1.165, 1.54) is 12.1 Å². The molecule has 2 aliphatic rings. The van der Waals surface area contributed by atoms with Gasteiger partial charge in [-0.2, -0.15) is 13.2 Å². The summed E-state index contributed by atoms with van der Waals surface area (Å²) in [5, 5.41) is 1.95. The molecule has 1 N–H and O–H groups in total. The summed E-state index contributed by atoms with van der Waals surface area (Å²) in [5.74, 6) is -3.10. The van der Waals surface area contributed by atoms with Crippen molar-refractivity contribution in [2.24, 2.45) is 5.41 Å². The van der Waals surface area contributed by atoms with Crippen molar-refractivity contribution in [1.29, 1.82) is 0 Å². The first-order valence-corrected chi connectivity index (χ1v) is 9.89. The molecule has 0 saturated heterocycles. The van der Waals surface area contributed by atoms with Gasteiger partial charge in [-0.3, -0.25) is 14.4 Å². The molecule has 1 aliphatic heterocycles. The molecule has 1 heterocycles. The third-order valence-corrected chi connectivity index (χ3v) is 5.68. The number of Topliss-reactive ketones (excluding diaryl/α,β-unsaturated/α-hetero) is 1. The van der Waals surface area contributed by atoms with Gasteiger partial charge in [0.05, 0.1) is 5.57 Å². The molecule has 0 saturated carbocycles. The van der Waals surface area contributed by atoms with Crippen LogP contribution in [0.15, 0.2) is 35.5 Å². The van der Waals surface area contributed by atoms with E-state index in [0.717, 1.165) is 4.90 Å². The van der Waals surface area contributed by atoms with E-state index in [-0.39, 0.29) is 30.6 Å². The predicted molar refractivity (Wildman–Crippen MR) is 104 cm³/mol. The van der Waals surface area contributed by atoms with Gasteiger partial charge in [0, 0.05) is 24.2 Å². The molecule has 1 aliphatic carbocycles. The molecule has 162 valence electrons. The second kappa shape index (κ2) is 7.25. The van der Waals surface area contributed by atoms with E-state index in [2.05, 4.69) is 0 Å². The maximum atomic E-state index is 14.5. The Labute approximate surface area is 173 Å². The van der Waals surface area contributed by atoms with Crippen molar-refractivity contribution >= 4 is 17.6 Å². The molecule has 0 bridgehead atoms. The number of hydrogen-bond acceptors (Lipinski definition) is 3. The maximum Gasteiger partial charge on any atom is 0.425 e. The van der Waals surface area contributed by atoms with E-state index in [1.807, 2.05) is 5.32 Å². The number of nitrogens with zero attached hydrogens (tertiary/aromatic N) is 1. The molecule has 2 amide bonds. The molecule has 0 spiro atoms. The number of amides is 2. The molecule has 8 heteroatoms. The minimum absolute atomic E-state index is 0.0219. The van der Waals surface area contributed by atoms with Crippen molar-refractivity contribution in [3.05, 3.63) is 46.7 Å². The van der Waals surface area contributed by atoms with Crippen LogP contribution in [0.3, 0.4) is 0 Å². The second-order valence-corrected chi connectivity index (χ2v) is 8.74. The zero-order valence-electron chi connectivity index (χ0n) is 17.4. The molecular formula is C22H25F3N2O3. The molecular weight excluding hydrogens is 397 g/mol. The number of nitrogens with one attached hydrogen (secondary N) is 1. The lowest BCUT2D eigenvalue weighted by atomic mass is 9.72. The third-order valence-electron chi connectivity index (χ3n) is 5.68. The Morgan fingerprint density at radius 2 is 1.80 bits per heavy atom. The summed E-state index contributed by atoms with van der Waals surface area (Å²) in [5.41, 5.74) is -4.02. The Bertz CT molecular complexity index is 949. The standard InChI is InChI=1S/C22H25F3N2O3/c1-5-10-27-15-11-20(3,4)12-16(28)17(15)21(19(27)30,22(23,24)25)26-18(29)14-9-7-6-8-13(14)2/h6-9H,5,10-12H2,1-4H3,(H,26,29)/t21-/m1/s1. The zero-order valence-corrected chi connectivity index (χ0v) is 17.4. The van der Waals surface area contributed by atoms with Crippen LogP contribution < -0.4 is 5.32 Å². The number of carbonyl (C=O) groups is 3. The van der Waals surface area contributed by atoms with Gasteiger partial charge in [-0.25, -0.2) is 0 Å². The zero-order chi connectivity index (χ0) is 22.5. The summed E-state index contributed by atoms with van der Waals surface area (Å²) in [6.45, 7) is 6.93. The van der Waals surface area contributed by atoms with Gasteiger partial charge in [0.15, 0.2) is 5.78 Å². The lowest BCUT2D eigenvalue weighted by Crippen LogP contribution is -2.66. The van der Waals surface area contributed by atoms with Crippen LogP contribution in [-0.2, 0) is 9.59 Å². The summed E-state index contributed by atoms with van der Waals surface area (Å²) in [7, 11) is 0. The van der Waals surface area contributed by atoms with E-state index >= 15 is 0 Å². The summed E-state index contributed by atoms with van der Waals surface area (Å²) in [6.07, 6.45) is -4.74. The monoisotopic (exact) mass is 422 g/mol. The number of aryl methyl sites for hydroxylation is 1. The molecule has 1 atom stereocenters. The van der Waals surface area contributed by atoms with Crippen molar-refractivity contribution in [1.82, 2.24) is 10.2 Å². The third kappa shape index (κ3) is 3.32. The van der Waals surface area contributed by atoms with Crippen molar-refractivity contribution in [2.75, 3.05) is 6.54 Å². The number of rotatable bonds is 4. The first kappa shape index (κ1) is 22.1. The van der Waals surface area contributed by atoms with Crippen LogP contribution in [0.4, 0.5) is 13.2 Å². The highest BCUT2D eigenvalue weighted by Crippen LogP contribution is 2.51. The number of alkyl halides is 3. The number of benzene rings is 1. The first-order valence-electron chi connectivity index (χ1n) is 9.89. The van der Waals surface area contributed by atoms with Gasteiger partial charge in [0.25, 0.3) is 11.8 Å². The molecule has 0 aromatic heterocycles. The second-order valence-electron chi connectivity index (χ2n) is 8.74. The Kier molecular flexibility index (Phi) is 5.33. The van der Waals surface area contributed by atoms with E-state index in [0.29, 0.717) is 12.0 Å². The van der Waals surface area contributed by atoms with Crippen LogP contribution >= 0.6 is 0 Å². The molecule has 0 unspecified atom stereocenters. The number of halogens is 3. The van der Waals surface area contributed by atoms with Crippen molar-refractivity contribution in [3.8, 4) is 0 Å². The van der Waals surface area contributed by atoms with Gasteiger partial charge < -0.3 is 10.2 Å². The van der Waals surface area contributed by atoms with Gasteiger partial charge in [-0.1, -0.05) is 39.0 Å². The fourth-order valence-corrected chi connectivity index (χ4v) is 4.35. The summed E-state index contributed by atoms with van der Waals surface area (Å²) in [4.78, 5) is 40.1. The molecule has 3 rings (SSSR count). The molecule has 1 aromatic carbocycles. The topological polar surface area (TPSA) is 66.5 Å². The largest absolute Gasteiger partial charge is 0.425 e. The van der Waals surface area contributed by atoms with Gasteiger partial charge >= 0.3 is 6.18 Å². The highest BCUT2D eigenvalue weighted by molar-refractivity contribution is 6.14. The van der Waals surface area contributed by atoms with Crippen molar-refractivity contribution in [3.63, 3.8) is 0 Å². The molecule has 1 aromatic rings. The van der Waals surface area contributed by atoms with Gasteiger partial charge in [0.2, 0.25) is 5.54 Å². The van der Waals surface area contributed by atoms with Crippen LogP contribution in [0, 0.1) is 12.3 Å². The molecule has 0 radical (unpaired) electrons. The van der Waals surface area contributed by atoms with Gasteiger partial charge in [0.1, 0.15) is 0 Å². The SMILES string of the molecule is CCCN1C(=O)[C@@](NC(=O)c2ccccc2C)(C(F)(F)F)C2=C1CC(C)(C)CC2=O. The van der Waals surface area contributed by atoms with Crippen LogP contribution in [0.1, 0.15) is 56.0 Å². The minimum atomic E-state index is -5.18. The molecule has 30 heavy (non-hydrogen) atoms. The number of ketones is 1. The number of carbonyl (C=O) groups excluding carboxylic acids is 3. The van der Waals surface area contributed by atoms with Crippen molar-refractivity contribution < 1.29 is 27.6 Å². The lowest BCUT2D eigenvalue weighted by Gasteiger charge is -2.35. The molecule has 0 fully saturated rings. The van der Waals surface area contributed by atoms with Crippen molar-refractivity contribution in [2.45, 2.75) is 58.7 Å². The van der Waals surface area contributed by atoms with E-state index in [9.17, 15) is 27.6 Å². The lowest BCUT2D eigenvalue weighted by molar-refractivity contribution is -0.190. The minimum Gasteiger partial charge on any atom is -0.326 e. The van der Waals surface area contributed by atoms with Crippen LogP contribution in [0.2, 0.25) is 0 Å². The average Bonchev–Trinajstić information content (AvgIpc) is 2.84. The van der Waals surface area contributed by atoms with E-state index < -0.39 is 40.3 Å². The summed E-state index contributed by atoms with van der Waals surface area (Å²) in [6, 6.07) is 6.16. The highest BCUT2D eigenvalue weighted by Gasteiger charge is 2.71. The predicted octanol–water partition coefficient (Wildman–Crippen LogP) is 3.92. The number of hydrogen-bond donors (Lipinski definition) is 1. The number of allylic oxidation sites excluding steroid dienone is 1. The Morgan fingerprint density at radius 3 is 2.37 bits per heavy atom. The quantitative estimate of drug-likeness (QED) is 0.800. The van der Waals surface area contributed by atoms with Crippen LogP contribution in [0.5, 0.6) is 0 Å². The summed E-state index contributed by atoms with van der Waals surface area (Å²) >= 11 is 0. The highest BCUT2D eigenvalue weighted by atomic mass is 19.4. The fraction of sp³-hybridized carbons (Fsp3) is 0.500. The summed E-state index contributed by atoms with van der Waals surface area (Å²) < 4.78 is 43.6. The Hall–Kier alpha value is -2.64. The smallest absolute Gasteiger partial charge is 0.326 e. The van der Waals surface area contributed by atoms with Gasteiger partial charge in [-0.05, 0) is 36.8 Å². The first-order chi connectivity index (χ1) is 13.9. The average molecular weight is 422 g/mol.